The van der Waals surface area contributed by atoms with Gasteiger partial charge in [0.1, 0.15) is 23.9 Å². The first-order valence-electron chi connectivity index (χ1n) is 9.99. The van der Waals surface area contributed by atoms with Gasteiger partial charge in [-0.25, -0.2) is 14.8 Å². The summed E-state index contributed by atoms with van der Waals surface area (Å²) in [5, 5.41) is 9.12. The number of fused-ring (bicyclic) bond motifs is 1. The molecule has 2 aromatic carbocycles. The molecule has 2 aromatic heterocycles. The van der Waals surface area contributed by atoms with Gasteiger partial charge in [0.25, 0.3) is 0 Å². The summed E-state index contributed by atoms with van der Waals surface area (Å²) < 4.78 is 13.7. The molecule has 0 atom stereocenters. The smallest absolute Gasteiger partial charge is 0.335 e. The minimum atomic E-state index is -0.991. The molecular weight excluding hydrogens is 394 g/mol. The fourth-order valence-corrected chi connectivity index (χ4v) is 3.31. The molecule has 0 spiro atoms. The molecule has 7 heteroatoms. The number of carboxylic acid groups (broad SMARTS) is 1. The molecule has 4 rings (SSSR count). The summed E-state index contributed by atoms with van der Waals surface area (Å²) in [6.45, 7) is 4.29. The van der Waals surface area contributed by atoms with Crippen LogP contribution in [0.25, 0.3) is 11.0 Å². The molecule has 0 bridgehead atoms. The first kappa shape index (κ1) is 20.4. The second-order valence-electron chi connectivity index (χ2n) is 7.28. The zero-order valence-corrected chi connectivity index (χ0v) is 17.6. The number of hydrogen-bond donors (Lipinski definition) is 1. The van der Waals surface area contributed by atoms with Crippen LogP contribution in [-0.4, -0.2) is 25.6 Å². The average Bonchev–Trinajstić information content (AvgIpc) is 3.09. The fourth-order valence-electron chi connectivity index (χ4n) is 3.31. The molecule has 4 aromatic rings. The Morgan fingerprint density at radius 3 is 2.71 bits per heavy atom. The summed E-state index contributed by atoms with van der Waals surface area (Å²) >= 11 is 0. The van der Waals surface area contributed by atoms with Gasteiger partial charge in [0.2, 0.25) is 5.88 Å². The van der Waals surface area contributed by atoms with Crippen molar-refractivity contribution in [1.82, 2.24) is 14.5 Å². The molecule has 158 valence electrons. The van der Waals surface area contributed by atoms with Gasteiger partial charge < -0.3 is 19.1 Å². The van der Waals surface area contributed by atoms with Crippen molar-refractivity contribution in [1.29, 1.82) is 0 Å². The largest absolute Gasteiger partial charge is 0.486 e. The number of aromatic carboxylic acids is 1. The molecule has 7 nitrogen and oxygen atoms in total. The molecule has 0 unspecified atom stereocenters. The van der Waals surface area contributed by atoms with Gasteiger partial charge in [0.05, 0.1) is 16.6 Å². The Balaban J connectivity index is 1.54. The van der Waals surface area contributed by atoms with Gasteiger partial charge in [0.15, 0.2) is 0 Å². The van der Waals surface area contributed by atoms with Gasteiger partial charge in [-0.15, -0.1) is 0 Å². The van der Waals surface area contributed by atoms with Crippen LogP contribution in [0.2, 0.25) is 0 Å². The maximum atomic E-state index is 11.1. The van der Waals surface area contributed by atoms with Gasteiger partial charge in [-0.05, 0) is 55.3 Å². The zero-order chi connectivity index (χ0) is 22.0. The van der Waals surface area contributed by atoms with Crippen LogP contribution in [-0.2, 0) is 20.1 Å². The van der Waals surface area contributed by atoms with E-state index in [1.165, 1.54) is 17.7 Å². The Labute approximate surface area is 179 Å². The van der Waals surface area contributed by atoms with E-state index in [9.17, 15) is 4.79 Å². The number of aromatic nitrogens is 3. The number of benzene rings is 2. The third-order valence-corrected chi connectivity index (χ3v) is 5.10. The number of hydrogen-bond acceptors (Lipinski definition) is 5. The van der Waals surface area contributed by atoms with E-state index in [1.807, 2.05) is 42.9 Å². The highest BCUT2D eigenvalue weighted by Gasteiger charge is 2.12. The van der Waals surface area contributed by atoms with E-state index in [2.05, 4.69) is 23.0 Å². The first-order chi connectivity index (χ1) is 14.9. The van der Waals surface area contributed by atoms with E-state index >= 15 is 0 Å². The predicted molar refractivity (Wildman–Crippen MR) is 117 cm³/mol. The van der Waals surface area contributed by atoms with Crippen molar-refractivity contribution >= 4 is 17.0 Å². The van der Waals surface area contributed by atoms with Crippen LogP contribution in [0.15, 0.2) is 54.7 Å². The lowest BCUT2D eigenvalue weighted by Crippen LogP contribution is -2.04. The maximum absolute atomic E-state index is 11.1. The Morgan fingerprint density at radius 2 is 1.97 bits per heavy atom. The van der Waals surface area contributed by atoms with Crippen LogP contribution in [0.3, 0.4) is 0 Å². The molecule has 0 saturated heterocycles. The van der Waals surface area contributed by atoms with Crippen LogP contribution in [0, 0.1) is 6.92 Å². The standard InChI is InChI=1S/C24H23N3O4/c1-4-16-10-15(2)23(25-13-16)31-19-8-9-20-21(12-19)27(3)22(26-20)14-30-18-7-5-6-17(11-18)24(28)29/h5-13H,4,14H2,1-3H3,(H,28,29). The fraction of sp³-hybridized carbons (Fsp3) is 0.208. The van der Waals surface area contributed by atoms with Gasteiger partial charge in [0, 0.05) is 24.9 Å². The topological polar surface area (TPSA) is 86.5 Å². The number of pyridine rings is 1. The minimum Gasteiger partial charge on any atom is -0.486 e. The van der Waals surface area contributed by atoms with Gasteiger partial charge in [-0.2, -0.15) is 0 Å². The summed E-state index contributed by atoms with van der Waals surface area (Å²) in [5.41, 5.74) is 4.06. The number of imidazole rings is 1. The number of ether oxygens (including phenoxy) is 2. The highest BCUT2D eigenvalue weighted by atomic mass is 16.5. The van der Waals surface area contributed by atoms with Crippen molar-refractivity contribution < 1.29 is 19.4 Å². The maximum Gasteiger partial charge on any atom is 0.335 e. The minimum absolute atomic E-state index is 0.181. The van der Waals surface area contributed by atoms with Crippen LogP contribution in [0.5, 0.6) is 17.4 Å². The second-order valence-corrected chi connectivity index (χ2v) is 7.28. The number of carbonyl (C=O) groups is 1. The van der Waals surface area contributed by atoms with Crippen LogP contribution in [0.1, 0.15) is 34.2 Å². The van der Waals surface area contributed by atoms with Crippen molar-refractivity contribution in [3.05, 3.63) is 77.2 Å². The lowest BCUT2D eigenvalue weighted by atomic mass is 10.2. The monoisotopic (exact) mass is 417 g/mol. The van der Waals surface area contributed by atoms with E-state index in [0.29, 0.717) is 17.4 Å². The molecule has 0 aliphatic rings. The van der Waals surface area contributed by atoms with Crippen molar-refractivity contribution in [3.8, 4) is 17.4 Å². The van der Waals surface area contributed by atoms with E-state index in [-0.39, 0.29) is 12.2 Å². The molecule has 0 aliphatic carbocycles. The van der Waals surface area contributed by atoms with E-state index < -0.39 is 5.97 Å². The van der Waals surface area contributed by atoms with Crippen molar-refractivity contribution in [3.63, 3.8) is 0 Å². The third-order valence-electron chi connectivity index (χ3n) is 5.10. The number of aryl methyl sites for hydroxylation is 3. The first-order valence-corrected chi connectivity index (χ1v) is 9.99. The number of rotatable bonds is 7. The molecule has 0 fully saturated rings. The molecule has 1 N–H and O–H groups in total. The molecule has 0 aliphatic heterocycles. The Kier molecular flexibility index (Phi) is 5.58. The van der Waals surface area contributed by atoms with Crippen LogP contribution in [0.4, 0.5) is 0 Å². The highest BCUT2D eigenvalue weighted by Crippen LogP contribution is 2.27. The third kappa shape index (κ3) is 4.35. The molecule has 0 radical (unpaired) electrons. The summed E-state index contributed by atoms with van der Waals surface area (Å²) in [4.78, 5) is 20.2. The lowest BCUT2D eigenvalue weighted by Gasteiger charge is -2.09. The Bertz CT molecular complexity index is 1260. The molecule has 31 heavy (non-hydrogen) atoms. The number of carboxylic acids is 1. The van der Waals surface area contributed by atoms with Gasteiger partial charge in [-0.3, -0.25) is 0 Å². The molecule has 0 amide bonds. The van der Waals surface area contributed by atoms with E-state index in [1.54, 1.807) is 12.1 Å². The molecule has 2 heterocycles. The zero-order valence-electron chi connectivity index (χ0n) is 17.6. The molecular formula is C24H23N3O4. The van der Waals surface area contributed by atoms with Crippen LogP contribution >= 0.6 is 0 Å². The average molecular weight is 417 g/mol. The molecule has 0 saturated carbocycles. The second kappa shape index (κ2) is 8.47. The normalized spacial score (nSPS) is 10.9. The number of nitrogens with zero attached hydrogens (tertiary/aromatic N) is 3. The lowest BCUT2D eigenvalue weighted by molar-refractivity contribution is 0.0696. The van der Waals surface area contributed by atoms with Crippen molar-refractivity contribution in [2.24, 2.45) is 7.05 Å². The summed E-state index contributed by atoms with van der Waals surface area (Å²) in [6.07, 6.45) is 2.76. The predicted octanol–water partition coefficient (Wildman–Crippen LogP) is 4.91. The van der Waals surface area contributed by atoms with Crippen LogP contribution < -0.4 is 9.47 Å². The Hall–Kier alpha value is -3.87. The summed E-state index contributed by atoms with van der Waals surface area (Å²) in [6, 6.07) is 14.2. The van der Waals surface area contributed by atoms with E-state index in [4.69, 9.17) is 14.6 Å². The van der Waals surface area contributed by atoms with Crippen molar-refractivity contribution in [2.45, 2.75) is 26.9 Å². The Morgan fingerprint density at radius 1 is 1.13 bits per heavy atom. The van der Waals surface area contributed by atoms with Crippen molar-refractivity contribution in [2.75, 3.05) is 0 Å². The summed E-state index contributed by atoms with van der Waals surface area (Å²) in [5.74, 6) is 1.47. The quantitative estimate of drug-likeness (QED) is 0.460. The SMILES string of the molecule is CCc1cnc(Oc2ccc3nc(COc4cccc(C(=O)O)c4)n(C)c3c2)c(C)c1. The van der Waals surface area contributed by atoms with Gasteiger partial charge in [-0.1, -0.05) is 13.0 Å². The van der Waals surface area contributed by atoms with Gasteiger partial charge >= 0.3 is 5.97 Å². The highest BCUT2D eigenvalue weighted by molar-refractivity contribution is 5.88. The van der Waals surface area contributed by atoms with E-state index in [0.717, 1.165) is 28.8 Å². The summed E-state index contributed by atoms with van der Waals surface area (Å²) in [7, 11) is 1.91.